The third-order valence-corrected chi connectivity index (χ3v) is 2.59. The topological polar surface area (TPSA) is 23.5 Å². The molecule has 66 valence electrons. The van der Waals surface area contributed by atoms with Crippen molar-refractivity contribution in [1.29, 1.82) is 0 Å². The molecule has 1 saturated heterocycles. The molecule has 1 heterocycles. The van der Waals surface area contributed by atoms with Crippen molar-refractivity contribution in [3.8, 4) is 0 Å². The third kappa shape index (κ3) is 1.94. The first-order chi connectivity index (χ1) is 5.13. The van der Waals surface area contributed by atoms with Crippen molar-refractivity contribution >= 4 is 0 Å². The van der Waals surface area contributed by atoms with Gasteiger partial charge in [0.2, 0.25) is 0 Å². The van der Waals surface area contributed by atoms with E-state index in [4.69, 9.17) is 0 Å². The molecule has 1 aliphatic rings. The zero-order chi connectivity index (χ0) is 8.43. The molecule has 0 amide bonds. The molecule has 0 saturated carbocycles. The second kappa shape index (κ2) is 3.55. The lowest BCUT2D eigenvalue weighted by atomic mass is 10.0. The van der Waals surface area contributed by atoms with Crippen molar-refractivity contribution in [2.45, 2.75) is 45.9 Å². The van der Waals surface area contributed by atoms with Crippen molar-refractivity contribution in [2.24, 2.45) is 5.92 Å². The van der Waals surface area contributed by atoms with E-state index in [2.05, 4.69) is 18.7 Å². The first-order valence-electron chi connectivity index (χ1n) is 4.56. The maximum Gasteiger partial charge on any atom is 0.104 e. The first kappa shape index (κ1) is 9.01. The monoisotopic (exact) mass is 157 g/mol. The van der Waals surface area contributed by atoms with E-state index in [1.807, 2.05) is 6.92 Å². The van der Waals surface area contributed by atoms with Gasteiger partial charge in [0.25, 0.3) is 0 Å². The molecule has 1 fully saturated rings. The molecule has 0 aromatic rings. The van der Waals surface area contributed by atoms with E-state index >= 15 is 0 Å². The Morgan fingerprint density at radius 2 is 2.00 bits per heavy atom. The van der Waals surface area contributed by atoms with Gasteiger partial charge in [-0.05, 0) is 25.7 Å². The van der Waals surface area contributed by atoms with Crippen molar-refractivity contribution < 1.29 is 5.11 Å². The predicted molar refractivity (Wildman–Crippen MR) is 46.2 cm³/mol. The number of nitrogens with zero attached hydrogens (tertiary/aromatic N) is 1. The van der Waals surface area contributed by atoms with Gasteiger partial charge in [-0.15, -0.1) is 0 Å². The van der Waals surface area contributed by atoms with Gasteiger partial charge in [-0.2, -0.15) is 0 Å². The van der Waals surface area contributed by atoms with Crippen LogP contribution in [0.25, 0.3) is 0 Å². The van der Waals surface area contributed by atoms with Gasteiger partial charge in [-0.3, -0.25) is 4.90 Å². The van der Waals surface area contributed by atoms with E-state index in [0.29, 0.717) is 12.0 Å². The van der Waals surface area contributed by atoms with E-state index in [0.717, 1.165) is 6.54 Å². The Labute approximate surface area is 69.2 Å². The third-order valence-electron chi connectivity index (χ3n) is 2.59. The molecule has 1 N–H and O–H groups in total. The minimum atomic E-state index is -0.259. The van der Waals surface area contributed by atoms with Gasteiger partial charge in [0, 0.05) is 12.6 Å². The average molecular weight is 157 g/mol. The molecule has 11 heavy (non-hydrogen) atoms. The van der Waals surface area contributed by atoms with E-state index in [-0.39, 0.29) is 6.23 Å². The minimum absolute atomic E-state index is 0.259. The molecular formula is C9H19NO. The fourth-order valence-corrected chi connectivity index (χ4v) is 1.99. The van der Waals surface area contributed by atoms with Crippen molar-refractivity contribution in [3.05, 3.63) is 0 Å². The first-order valence-corrected chi connectivity index (χ1v) is 4.56. The predicted octanol–water partition coefficient (Wildman–Crippen LogP) is 1.45. The summed E-state index contributed by atoms with van der Waals surface area (Å²) < 4.78 is 0. The maximum atomic E-state index is 9.40. The number of aliphatic hydroxyl groups excluding tert-OH is 1. The molecule has 0 aromatic carbocycles. The summed E-state index contributed by atoms with van der Waals surface area (Å²) in [6.07, 6.45) is 2.24. The van der Waals surface area contributed by atoms with Gasteiger partial charge in [0.05, 0.1) is 0 Å². The molecule has 0 bridgehead atoms. The molecule has 2 nitrogen and oxygen atoms in total. The number of rotatable bonds is 2. The summed E-state index contributed by atoms with van der Waals surface area (Å²) in [4.78, 5) is 2.20. The number of hydrogen-bond acceptors (Lipinski definition) is 2. The molecule has 2 atom stereocenters. The largest absolute Gasteiger partial charge is 0.379 e. The van der Waals surface area contributed by atoms with Crippen LogP contribution < -0.4 is 0 Å². The Morgan fingerprint density at radius 3 is 2.36 bits per heavy atom. The van der Waals surface area contributed by atoms with Crippen LogP contribution in [0.3, 0.4) is 0 Å². The summed E-state index contributed by atoms with van der Waals surface area (Å²) in [5.74, 6) is 0.673. The van der Waals surface area contributed by atoms with E-state index in [1.165, 1.54) is 12.8 Å². The van der Waals surface area contributed by atoms with Gasteiger partial charge in [0.1, 0.15) is 6.23 Å². The normalized spacial score (nSPS) is 29.7. The molecule has 0 spiro atoms. The highest BCUT2D eigenvalue weighted by Crippen LogP contribution is 2.24. The summed E-state index contributed by atoms with van der Waals surface area (Å²) in [5, 5.41) is 9.40. The van der Waals surface area contributed by atoms with Crippen molar-refractivity contribution in [1.82, 2.24) is 4.90 Å². The maximum absolute atomic E-state index is 9.40. The smallest absolute Gasteiger partial charge is 0.104 e. The van der Waals surface area contributed by atoms with Gasteiger partial charge < -0.3 is 5.11 Å². The fraction of sp³-hybridized carbons (Fsp3) is 1.00. The van der Waals surface area contributed by atoms with Gasteiger partial charge in [-0.1, -0.05) is 13.8 Å². The van der Waals surface area contributed by atoms with Gasteiger partial charge in [0.15, 0.2) is 0 Å². The number of likely N-dealkylation sites (tertiary alicyclic amines) is 1. The Hall–Kier alpha value is -0.0800. The van der Waals surface area contributed by atoms with Gasteiger partial charge in [-0.25, -0.2) is 0 Å². The molecule has 0 aliphatic carbocycles. The number of aliphatic hydroxyl groups is 1. The van der Waals surface area contributed by atoms with Crippen molar-refractivity contribution in [3.63, 3.8) is 0 Å². The van der Waals surface area contributed by atoms with E-state index < -0.39 is 0 Å². The molecule has 0 radical (unpaired) electrons. The molecule has 1 rings (SSSR count). The summed E-state index contributed by atoms with van der Waals surface area (Å²) >= 11 is 0. The van der Waals surface area contributed by atoms with Crippen LogP contribution in [0.2, 0.25) is 0 Å². The average Bonchev–Trinajstić information content (AvgIpc) is 2.32. The van der Waals surface area contributed by atoms with Crippen LogP contribution in [-0.4, -0.2) is 28.8 Å². The lowest BCUT2D eigenvalue weighted by Gasteiger charge is -2.29. The standard InChI is InChI=1S/C9H19NO/c1-7(2)9-5-4-6-10(9)8(3)11/h7-9,11H,4-6H2,1-3H3. The van der Waals surface area contributed by atoms with Crippen LogP contribution in [0.1, 0.15) is 33.6 Å². The van der Waals surface area contributed by atoms with E-state index in [9.17, 15) is 5.11 Å². The molecule has 0 aromatic heterocycles. The highest BCUT2D eigenvalue weighted by atomic mass is 16.3. The van der Waals surface area contributed by atoms with Gasteiger partial charge >= 0.3 is 0 Å². The summed E-state index contributed by atoms with van der Waals surface area (Å²) in [7, 11) is 0. The molecule has 1 aliphatic heterocycles. The molecule has 2 unspecified atom stereocenters. The van der Waals surface area contributed by atoms with E-state index in [1.54, 1.807) is 0 Å². The SMILES string of the molecule is CC(C)C1CCCN1C(C)O. The van der Waals surface area contributed by atoms with Crippen LogP contribution in [0.5, 0.6) is 0 Å². The fourth-order valence-electron chi connectivity index (χ4n) is 1.99. The lowest BCUT2D eigenvalue weighted by molar-refractivity contribution is -0.00181. The Bertz CT molecular complexity index is 109. The highest BCUT2D eigenvalue weighted by Gasteiger charge is 2.29. The zero-order valence-corrected chi connectivity index (χ0v) is 7.75. The highest BCUT2D eigenvalue weighted by molar-refractivity contribution is 4.81. The number of hydrogen-bond donors (Lipinski definition) is 1. The van der Waals surface area contributed by atoms with Crippen molar-refractivity contribution in [2.75, 3.05) is 6.54 Å². The van der Waals surface area contributed by atoms with Crippen LogP contribution in [0.4, 0.5) is 0 Å². The zero-order valence-electron chi connectivity index (χ0n) is 7.75. The molecular weight excluding hydrogens is 138 g/mol. The minimum Gasteiger partial charge on any atom is -0.379 e. The summed E-state index contributed by atoms with van der Waals surface area (Å²) in [6, 6.07) is 0.606. The van der Waals surface area contributed by atoms with Crippen LogP contribution in [-0.2, 0) is 0 Å². The Kier molecular flexibility index (Phi) is 2.90. The Morgan fingerprint density at radius 1 is 1.36 bits per heavy atom. The second-order valence-electron chi connectivity index (χ2n) is 3.82. The Balaban J connectivity index is 2.51. The second-order valence-corrected chi connectivity index (χ2v) is 3.82. The van der Waals surface area contributed by atoms with Crippen LogP contribution in [0.15, 0.2) is 0 Å². The summed E-state index contributed by atoms with van der Waals surface area (Å²) in [5.41, 5.74) is 0. The summed E-state index contributed by atoms with van der Waals surface area (Å²) in [6.45, 7) is 7.39. The van der Waals surface area contributed by atoms with Crippen LogP contribution >= 0.6 is 0 Å². The van der Waals surface area contributed by atoms with Crippen LogP contribution in [0, 0.1) is 5.92 Å². The molecule has 2 heteroatoms. The lowest BCUT2D eigenvalue weighted by Crippen LogP contribution is -2.39. The quantitative estimate of drug-likeness (QED) is 0.655.